The Morgan fingerprint density at radius 1 is 1.14 bits per heavy atom. The van der Waals surface area contributed by atoms with Gasteiger partial charge in [-0.2, -0.15) is 0 Å². The van der Waals surface area contributed by atoms with Crippen LogP contribution in [0.15, 0.2) is 24.5 Å². The van der Waals surface area contributed by atoms with Gasteiger partial charge in [0.1, 0.15) is 6.04 Å². The van der Waals surface area contributed by atoms with Gasteiger partial charge in [-0.1, -0.05) is 0 Å². The molecule has 0 N–H and O–H groups in total. The highest BCUT2D eigenvalue weighted by molar-refractivity contribution is 5.97. The maximum atomic E-state index is 12.6. The van der Waals surface area contributed by atoms with Gasteiger partial charge in [0.05, 0.1) is 13.2 Å². The molecular formula is C15H19N3O3. The Labute approximate surface area is 123 Å². The normalized spacial score (nSPS) is 22.4. The summed E-state index contributed by atoms with van der Waals surface area (Å²) in [7, 11) is 0. The average Bonchev–Trinajstić information content (AvgIpc) is 3.04. The molecule has 3 heterocycles. The summed E-state index contributed by atoms with van der Waals surface area (Å²) >= 11 is 0. The van der Waals surface area contributed by atoms with Crippen molar-refractivity contribution in [3.05, 3.63) is 30.1 Å². The lowest BCUT2D eigenvalue weighted by molar-refractivity contribution is -0.139. The molecule has 2 fully saturated rings. The third-order valence-corrected chi connectivity index (χ3v) is 4.05. The summed E-state index contributed by atoms with van der Waals surface area (Å²) in [4.78, 5) is 32.6. The second kappa shape index (κ2) is 6.22. The molecule has 3 rings (SSSR count). The molecule has 0 spiro atoms. The lowest BCUT2D eigenvalue weighted by atomic mass is 10.1. The predicted molar refractivity (Wildman–Crippen MR) is 75.7 cm³/mol. The molecule has 0 aromatic carbocycles. The van der Waals surface area contributed by atoms with Crippen LogP contribution in [-0.4, -0.2) is 65.5 Å². The van der Waals surface area contributed by atoms with Gasteiger partial charge in [0.2, 0.25) is 5.91 Å². The van der Waals surface area contributed by atoms with E-state index in [9.17, 15) is 9.59 Å². The van der Waals surface area contributed by atoms with Crippen molar-refractivity contribution in [1.82, 2.24) is 14.8 Å². The fraction of sp³-hybridized carbons (Fsp3) is 0.533. The fourth-order valence-electron chi connectivity index (χ4n) is 2.92. The number of carbonyl (C=O) groups excluding carboxylic acids is 2. The van der Waals surface area contributed by atoms with Gasteiger partial charge in [-0.25, -0.2) is 0 Å². The zero-order valence-electron chi connectivity index (χ0n) is 11.9. The van der Waals surface area contributed by atoms with E-state index in [0.29, 0.717) is 38.4 Å². The Morgan fingerprint density at radius 2 is 1.86 bits per heavy atom. The van der Waals surface area contributed by atoms with Crippen molar-refractivity contribution in [2.45, 2.75) is 18.9 Å². The Kier molecular flexibility index (Phi) is 4.15. The molecule has 2 saturated heterocycles. The number of aromatic nitrogens is 1. The highest BCUT2D eigenvalue weighted by Gasteiger charge is 2.37. The Bertz CT molecular complexity index is 514. The van der Waals surface area contributed by atoms with Gasteiger partial charge < -0.3 is 14.5 Å². The first-order valence-corrected chi connectivity index (χ1v) is 7.35. The zero-order chi connectivity index (χ0) is 14.7. The number of hydrogen-bond acceptors (Lipinski definition) is 4. The van der Waals surface area contributed by atoms with Crippen LogP contribution < -0.4 is 0 Å². The van der Waals surface area contributed by atoms with Crippen molar-refractivity contribution < 1.29 is 14.3 Å². The molecule has 112 valence electrons. The minimum absolute atomic E-state index is 0.0539. The molecule has 1 atom stereocenters. The number of pyridine rings is 1. The van der Waals surface area contributed by atoms with Crippen LogP contribution in [0, 0.1) is 0 Å². The van der Waals surface area contributed by atoms with E-state index in [1.165, 1.54) is 0 Å². The third-order valence-electron chi connectivity index (χ3n) is 4.05. The number of ether oxygens (including phenoxy) is 1. The molecule has 2 aliphatic heterocycles. The topological polar surface area (TPSA) is 62.7 Å². The van der Waals surface area contributed by atoms with Crippen molar-refractivity contribution in [3.8, 4) is 0 Å². The van der Waals surface area contributed by atoms with Gasteiger partial charge in [0, 0.05) is 37.6 Å². The monoisotopic (exact) mass is 289 g/mol. The standard InChI is InChI=1S/C15H19N3O3/c19-14(12-3-5-16-6-4-12)18-7-1-2-13(18)15(20)17-8-10-21-11-9-17/h3-6,13H,1-2,7-11H2/t13-/m0/s1. The van der Waals surface area contributed by atoms with Gasteiger partial charge in [-0.05, 0) is 25.0 Å². The molecule has 6 heteroatoms. The summed E-state index contributed by atoms with van der Waals surface area (Å²) in [5.41, 5.74) is 0.590. The van der Waals surface area contributed by atoms with Gasteiger partial charge in [0.15, 0.2) is 0 Å². The van der Waals surface area contributed by atoms with Crippen LogP contribution in [0.3, 0.4) is 0 Å². The van der Waals surface area contributed by atoms with Gasteiger partial charge in [0.25, 0.3) is 5.91 Å². The van der Waals surface area contributed by atoms with Crippen LogP contribution in [0.25, 0.3) is 0 Å². The van der Waals surface area contributed by atoms with Crippen molar-refractivity contribution in [3.63, 3.8) is 0 Å². The molecule has 2 aliphatic rings. The summed E-state index contributed by atoms with van der Waals surface area (Å²) in [5.74, 6) is -0.0280. The fourth-order valence-corrected chi connectivity index (χ4v) is 2.92. The molecule has 0 radical (unpaired) electrons. The average molecular weight is 289 g/mol. The Hall–Kier alpha value is -1.95. The Morgan fingerprint density at radius 3 is 2.57 bits per heavy atom. The number of likely N-dealkylation sites (tertiary alicyclic amines) is 1. The lowest BCUT2D eigenvalue weighted by Gasteiger charge is -2.32. The number of amides is 2. The van der Waals surface area contributed by atoms with Crippen molar-refractivity contribution >= 4 is 11.8 Å². The smallest absolute Gasteiger partial charge is 0.254 e. The van der Waals surface area contributed by atoms with E-state index in [4.69, 9.17) is 4.74 Å². The van der Waals surface area contributed by atoms with Gasteiger partial charge in [-0.15, -0.1) is 0 Å². The van der Waals surface area contributed by atoms with E-state index in [0.717, 1.165) is 12.8 Å². The number of nitrogens with zero attached hydrogens (tertiary/aromatic N) is 3. The summed E-state index contributed by atoms with van der Waals surface area (Å²) in [6, 6.07) is 3.05. The largest absolute Gasteiger partial charge is 0.378 e. The second-order valence-corrected chi connectivity index (χ2v) is 5.33. The molecule has 0 saturated carbocycles. The number of hydrogen-bond donors (Lipinski definition) is 0. The van der Waals surface area contributed by atoms with Crippen molar-refractivity contribution in [2.24, 2.45) is 0 Å². The Balaban J connectivity index is 1.73. The molecule has 21 heavy (non-hydrogen) atoms. The number of rotatable bonds is 2. The maximum absolute atomic E-state index is 12.6. The molecule has 2 amide bonds. The number of morpholine rings is 1. The molecular weight excluding hydrogens is 270 g/mol. The quantitative estimate of drug-likeness (QED) is 0.797. The minimum atomic E-state index is -0.330. The molecule has 1 aromatic heterocycles. The summed E-state index contributed by atoms with van der Waals surface area (Å²) in [5, 5.41) is 0. The first-order valence-electron chi connectivity index (χ1n) is 7.35. The van der Waals surface area contributed by atoms with Gasteiger partial charge >= 0.3 is 0 Å². The first-order chi connectivity index (χ1) is 10.3. The van der Waals surface area contributed by atoms with Crippen LogP contribution in [0.5, 0.6) is 0 Å². The highest BCUT2D eigenvalue weighted by Crippen LogP contribution is 2.22. The van der Waals surface area contributed by atoms with Crippen LogP contribution in [0.2, 0.25) is 0 Å². The van der Waals surface area contributed by atoms with Crippen molar-refractivity contribution in [1.29, 1.82) is 0 Å². The van der Waals surface area contributed by atoms with E-state index in [2.05, 4.69) is 4.98 Å². The number of carbonyl (C=O) groups is 2. The van der Waals surface area contributed by atoms with E-state index >= 15 is 0 Å². The first kappa shape index (κ1) is 14.0. The third kappa shape index (κ3) is 2.90. The van der Waals surface area contributed by atoms with Gasteiger partial charge in [-0.3, -0.25) is 14.6 Å². The molecule has 1 aromatic rings. The SMILES string of the molecule is O=C([C@@H]1CCCN1C(=O)c1ccncc1)N1CCOCC1. The molecule has 0 unspecified atom stereocenters. The van der Waals surface area contributed by atoms with E-state index in [1.807, 2.05) is 4.90 Å². The molecule has 6 nitrogen and oxygen atoms in total. The van der Waals surface area contributed by atoms with E-state index < -0.39 is 0 Å². The molecule has 0 aliphatic carbocycles. The van der Waals surface area contributed by atoms with Crippen LogP contribution in [0.4, 0.5) is 0 Å². The van der Waals surface area contributed by atoms with Crippen LogP contribution in [0.1, 0.15) is 23.2 Å². The lowest BCUT2D eigenvalue weighted by Crippen LogP contribution is -2.51. The molecule has 0 bridgehead atoms. The summed E-state index contributed by atoms with van der Waals surface area (Å²) in [6.45, 7) is 3.04. The van der Waals surface area contributed by atoms with E-state index in [1.54, 1.807) is 29.4 Å². The minimum Gasteiger partial charge on any atom is -0.378 e. The summed E-state index contributed by atoms with van der Waals surface area (Å²) < 4.78 is 5.27. The predicted octanol–water partition coefficient (Wildman–Crippen LogP) is 0.545. The van der Waals surface area contributed by atoms with Crippen molar-refractivity contribution in [2.75, 3.05) is 32.8 Å². The zero-order valence-corrected chi connectivity index (χ0v) is 11.9. The van der Waals surface area contributed by atoms with Crippen LogP contribution >= 0.6 is 0 Å². The highest BCUT2D eigenvalue weighted by atomic mass is 16.5. The maximum Gasteiger partial charge on any atom is 0.254 e. The summed E-state index contributed by atoms with van der Waals surface area (Å²) in [6.07, 6.45) is 4.81. The van der Waals surface area contributed by atoms with E-state index in [-0.39, 0.29) is 17.9 Å². The van der Waals surface area contributed by atoms with Crippen LogP contribution in [-0.2, 0) is 9.53 Å². The second-order valence-electron chi connectivity index (χ2n) is 5.33.